The number of rotatable bonds is 9. The van der Waals surface area contributed by atoms with Crippen LogP contribution in [-0.2, 0) is 20.9 Å². The molecule has 7 nitrogen and oxygen atoms in total. The molecule has 0 bridgehead atoms. The van der Waals surface area contributed by atoms with Gasteiger partial charge in [-0.15, -0.1) is 5.10 Å². The van der Waals surface area contributed by atoms with E-state index in [1.54, 1.807) is 23.9 Å². The van der Waals surface area contributed by atoms with E-state index in [9.17, 15) is 0 Å². The summed E-state index contributed by atoms with van der Waals surface area (Å²) in [5.74, 6) is 1.31. The summed E-state index contributed by atoms with van der Waals surface area (Å²) in [4.78, 5) is 4.46. The number of nitrogens with zero attached hydrogens (tertiary/aromatic N) is 3. The van der Waals surface area contributed by atoms with Gasteiger partial charge in [-0.1, -0.05) is 17.7 Å². The van der Waals surface area contributed by atoms with Crippen molar-refractivity contribution in [3.05, 3.63) is 39.8 Å². The van der Waals surface area contributed by atoms with Gasteiger partial charge >= 0.3 is 0 Å². The van der Waals surface area contributed by atoms with Crippen LogP contribution in [0.15, 0.2) is 29.0 Å². The van der Waals surface area contributed by atoms with Crippen LogP contribution < -0.4 is 4.74 Å². The quantitative estimate of drug-likeness (QED) is 0.554. The molecule has 1 aliphatic heterocycles. The largest absolute Gasteiger partial charge is 0.482 e. The van der Waals surface area contributed by atoms with Crippen molar-refractivity contribution in [3.8, 4) is 5.75 Å². The monoisotopic (exact) mass is 459 g/mol. The molecule has 0 radical (unpaired) electrons. The maximum absolute atomic E-state index is 6.17. The van der Waals surface area contributed by atoms with Crippen LogP contribution in [0.4, 0.5) is 0 Å². The fraction of sp³-hybridized carbons (Fsp3) is 0.556. The third-order valence-corrected chi connectivity index (χ3v) is 4.68. The highest BCUT2D eigenvalue weighted by molar-refractivity contribution is 9.10. The summed E-state index contributed by atoms with van der Waals surface area (Å²) in [6, 6.07) is 7.27. The second-order valence-corrected chi connectivity index (χ2v) is 7.32. The highest BCUT2D eigenvalue weighted by Crippen LogP contribution is 2.27. The van der Waals surface area contributed by atoms with E-state index in [0.717, 1.165) is 25.9 Å². The van der Waals surface area contributed by atoms with Gasteiger partial charge in [0.1, 0.15) is 12.5 Å². The van der Waals surface area contributed by atoms with Gasteiger partial charge in [0.2, 0.25) is 4.73 Å². The number of methoxy groups -OCH3 is 1. The third-order valence-electron chi connectivity index (χ3n) is 4.11. The van der Waals surface area contributed by atoms with E-state index >= 15 is 0 Å². The zero-order valence-corrected chi connectivity index (χ0v) is 17.5. The van der Waals surface area contributed by atoms with Crippen LogP contribution in [0.25, 0.3) is 0 Å². The average molecular weight is 461 g/mol. The van der Waals surface area contributed by atoms with E-state index < -0.39 is 0 Å². The molecule has 0 saturated carbocycles. The highest BCUT2D eigenvalue weighted by atomic mass is 79.9. The lowest BCUT2D eigenvalue weighted by Crippen LogP contribution is -2.24. The predicted octanol–water partition coefficient (Wildman–Crippen LogP) is 4.35. The molecule has 1 fully saturated rings. The van der Waals surface area contributed by atoms with Crippen molar-refractivity contribution in [2.45, 2.75) is 44.8 Å². The maximum Gasteiger partial charge on any atom is 0.217 e. The fourth-order valence-electron chi connectivity index (χ4n) is 2.88. The molecule has 27 heavy (non-hydrogen) atoms. The smallest absolute Gasteiger partial charge is 0.217 e. The number of ether oxygens (including phenoxy) is 4. The van der Waals surface area contributed by atoms with Crippen molar-refractivity contribution in [2.75, 3.05) is 20.3 Å². The Morgan fingerprint density at radius 2 is 2.30 bits per heavy atom. The standard InChI is InChI=1S/C18H23BrClN3O4/c1-24-12-23-17(21-18(19)22-23)15(27-14-6-4-5-13(20)11-14)8-10-26-16-7-2-3-9-25-16/h4-6,11,15-16H,2-3,7-10,12H2,1H3. The van der Waals surface area contributed by atoms with Gasteiger partial charge < -0.3 is 18.9 Å². The molecule has 1 saturated heterocycles. The van der Waals surface area contributed by atoms with Crippen LogP contribution in [0.3, 0.4) is 0 Å². The first kappa shape index (κ1) is 20.5. The SMILES string of the molecule is COCn1nc(Br)nc1C(CCOC1CCCCO1)Oc1cccc(Cl)c1. The van der Waals surface area contributed by atoms with Gasteiger partial charge in [-0.25, -0.2) is 9.67 Å². The molecule has 2 heterocycles. The van der Waals surface area contributed by atoms with Crippen molar-refractivity contribution in [1.29, 1.82) is 0 Å². The molecule has 2 unspecified atom stereocenters. The summed E-state index contributed by atoms with van der Waals surface area (Å²) in [7, 11) is 1.61. The van der Waals surface area contributed by atoms with Crippen LogP contribution in [0.5, 0.6) is 5.75 Å². The normalized spacial score (nSPS) is 18.4. The zero-order valence-electron chi connectivity index (χ0n) is 15.1. The third kappa shape index (κ3) is 6.15. The van der Waals surface area contributed by atoms with Crippen LogP contribution in [-0.4, -0.2) is 41.4 Å². The van der Waals surface area contributed by atoms with E-state index in [-0.39, 0.29) is 19.1 Å². The summed E-state index contributed by atoms with van der Waals surface area (Å²) in [5, 5.41) is 4.91. The lowest BCUT2D eigenvalue weighted by Gasteiger charge is -2.24. The first-order chi connectivity index (χ1) is 13.2. The summed E-state index contributed by atoms with van der Waals surface area (Å²) < 4.78 is 25.0. The lowest BCUT2D eigenvalue weighted by atomic mass is 10.2. The van der Waals surface area contributed by atoms with Crippen molar-refractivity contribution >= 4 is 27.5 Å². The Kier molecular flexibility index (Phi) is 7.90. The first-order valence-corrected chi connectivity index (χ1v) is 10.1. The summed E-state index contributed by atoms with van der Waals surface area (Å²) in [5.41, 5.74) is 0. The molecule has 0 spiro atoms. The van der Waals surface area contributed by atoms with Gasteiger partial charge in [0.25, 0.3) is 0 Å². The van der Waals surface area contributed by atoms with E-state index in [1.807, 2.05) is 12.1 Å². The van der Waals surface area contributed by atoms with Crippen molar-refractivity contribution in [1.82, 2.24) is 14.8 Å². The lowest BCUT2D eigenvalue weighted by molar-refractivity contribution is -0.165. The first-order valence-electron chi connectivity index (χ1n) is 8.90. The molecule has 1 aliphatic rings. The van der Waals surface area contributed by atoms with E-state index in [4.69, 9.17) is 30.5 Å². The van der Waals surface area contributed by atoms with Crippen LogP contribution in [0, 0.1) is 0 Å². The zero-order chi connectivity index (χ0) is 19.1. The Labute approximate surface area is 172 Å². The maximum atomic E-state index is 6.17. The van der Waals surface area contributed by atoms with Crippen LogP contribution >= 0.6 is 27.5 Å². The molecule has 1 aromatic heterocycles. The number of hydrogen-bond donors (Lipinski definition) is 0. The second-order valence-electron chi connectivity index (χ2n) is 6.18. The molecule has 3 rings (SSSR count). The number of benzene rings is 1. The van der Waals surface area contributed by atoms with Gasteiger partial charge in [0, 0.05) is 25.2 Å². The molecule has 148 valence electrons. The molecule has 2 atom stereocenters. The fourth-order valence-corrected chi connectivity index (χ4v) is 3.43. The highest BCUT2D eigenvalue weighted by Gasteiger charge is 2.23. The summed E-state index contributed by atoms with van der Waals surface area (Å²) in [6.45, 7) is 1.51. The number of hydrogen-bond acceptors (Lipinski definition) is 6. The molecular weight excluding hydrogens is 438 g/mol. The van der Waals surface area contributed by atoms with Gasteiger partial charge in [-0.3, -0.25) is 0 Å². The molecule has 9 heteroatoms. The molecule has 0 amide bonds. The van der Waals surface area contributed by atoms with Gasteiger partial charge in [-0.2, -0.15) is 0 Å². The van der Waals surface area contributed by atoms with E-state index in [2.05, 4.69) is 26.0 Å². The van der Waals surface area contributed by atoms with Crippen molar-refractivity contribution < 1.29 is 18.9 Å². The summed E-state index contributed by atoms with van der Waals surface area (Å²) in [6.07, 6.45) is 3.21. The molecule has 2 aromatic rings. The Balaban J connectivity index is 1.71. The Morgan fingerprint density at radius 3 is 3.04 bits per heavy atom. The second kappa shape index (κ2) is 10.4. The minimum absolute atomic E-state index is 0.144. The summed E-state index contributed by atoms with van der Waals surface area (Å²) >= 11 is 9.41. The van der Waals surface area contributed by atoms with Crippen LogP contribution in [0.1, 0.15) is 37.6 Å². The van der Waals surface area contributed by atoms with E-state index in [0.29, 0.717) is 34.4 Å². The average Bonchev–Trinajstić information content (AvgIpc) is 3.02. The minimum Gasteiger partial charge on any atom is -0.482 e. The molecular formula is C18H23BrClN3O4. The van der Waals surface area contributed by atoms with Crippen LogP contribution in [0.2, 0.25) is 5.02 Å². The Morgan fingerprint density at radius 1 is 1.41 bits per heavy atom. The Hall–Kier alpha value is -1.19. The van der Waals surface area contributed by atoms with Crippen molar-refractivity contribution in [3.63, 3.8) is 0 Å². The topological polar surface area (TPSA) is 67.6 Å². The number of aromatic nitrogens is 3. The molecule has 0 N–H and O–H groups in total. The number of halogens is 2. The predicted molar refractivity (Wildman–Crippen MR) is 104 cm³/mol. The minimum atomic E-state index is -0.374. The van der Waals surface area contributed by atoms with Gasteiger partial charge in [-0.05, 0) is 53.4 Å². The van der Waals surface area contributed by atoms with E-state index in [1.165, 1.54) is 0 Å². The molecule has 0 aliphatic carbocycles. The molecule has 1 aromatic carbocycles. The van der Waals surface area contributed by atoms with Crippen molar-refractivity contribution in [2.24, 2.45) is 0 Å². The Bertz CT molecular complexity index is 724. The van der Waals surface area contributed by atoms with Gasteiger partial charge in [0.15, 0.2) is 18.2 Å². The van der Waals surface area contributed by atoms with Gasteiger partial charge in [0.05, 0.1) is 6.61 Å².